The Kier molecular flexibility index (Phi) is 4.34. The van der Waals surface area contributed by atoms with Crippen LogP contribution in [0.25, 0.3) is 0 Å². The van der Waals surface area contributed by atoms with Crippen LogP contribution in [0.3, 0.4) is 0 Å². The molecule has 1 rings (SSSR count). The molecule has 0 aliphatic carbocycles. The summed E-state index contributed by atoms with van der Waals surface area (Å²) in [5, 5.41) is 0. The van der Waals surface area contributed by atoms with E-state index in [9.17, 15) is 4.79 Å². The summed E-state index contributed by atoms with van der Waals surface area (Å²) in [6.45, 7) is 2.55. The molecule has 0 saturated heterocycles. The Hall–Kier alpha value is -1.84. The molecule has 0 bridgehead atoms. The second-order valence-electron chi connectivity index (χ2n) is 2.71. The van der Waals surface area contributed by atoms with Gasteiger partial charge in [0.05, 0.1) is 19.4 Å². The van der Waals surface area contributed by atoms with E-state index >= 15 is 0 Å². The highest BCUT2D eigenvalue weighted by Gasteiger charge is 1.94. The third kappa shape index (κ3) is 3.81. The van der Waals surface area contributed by atoms with Crippen LogP contribution in [0.5, 0.6) is 5.75 Å². The Morgan fingerprint density at radius 1 is 1.40 bits per heavy atom. The van der Waals surface area contributed by atoms with E-state index in [4.69, 9.17) is 4.74 Å². The van der Waals surface area contributed by atoms with E-state index in [1.165, 1.54) is 7.11 Å². The molecule has 0 amide bonds. The summed E-state index contributed by atoms with van der Waals surface area (Å²) in [7, 11) is 1.31. The molecule has 0 saturated carbocycles. The lowest BCUT2D eigenvalue weighted by Crippen LogP contribution is -1.99. The summed E-state index contributed by atoms with van der Waals surface area (Å²) in [5.41, 5.74) is 0.684. The molecule has 4 heteroatoms. The Morgan fingerprint density at radius 3 is 2.60 bits per heavy atom. The number of hydrogen-bond acceptors (Lipinski definition) is 4. The van der Waals surface area contributed by atoms with Gasteiger partial charge in [-0.1, -0.05) is 0 Å². The number of carbonyl (C=O) groups is 1. The van der Waals surface area contributed by atoms with Gasteiger partial charge in [-0.2, -0.15) is 0 Å². The molecule has 0 heterocycles. The molecule has 0 unspecified atom stereocenters. The molecule has 0 N–H and O–H groups in total. The summed E-state index contributed by atoms with van der Waals surface area (Å²) in [5.74, 6) is 0.318. The molecular formula is C11H13NO3. The van der Waals surface area contributed by atoms with Crippen LogP contribution in [0, 0.1) is 0 Å². The second-order valence-corrected chi connectivity index (χ2v) is 2.71. The standard InChI is InChI=1S/C11H13NO3/c1-3-15-10-6-4-9(5-7-10)12-8-11(13)14-2/h4-8H,3H2,1-2H3. The Morgan fingerprint density at radius 2 is 2.07 bits per heavy atom. The first-order valence-electron chi connectivity index (χ1n) is 4.61. The van der Waals surface area contributed by atoms with E-state index in [0.717, 1.165) is 12.0 Å². The molecule has 0 fully saturated rings. The lowest BCUT2D eigenvalue weighted by molar-refractivity contribution is -0.132. The molecule has 0 aliphatic heterocycles. The van der Waals surface area contributed by atoms with E-state index in [2.05, 4.69) is 9.73 Å². The van der Waals surface area contributed by atoms with Crippen LogP contribution in [0.4, 0.5) is 5.69 Å². The van der Waals surface area contributed by atoms with Gasteiger partial charge in [0.25, 0.3) is 0 Å². The van der Waals surface area contributed by atoms with Crippen LogP contribution < -0.4 is 4.74 Å². The predicted molar refractivity (Wildman–Crippen MR) is 57.8 cm³/mol. The highest BCUT2D eigenvalue weighted by molar-refractivity contribution is 6.23. The first kappa shape index (κ1) is 11.2. The number of rotatable bonds is 4. The largest absolute Gasteiger partial charge is 0.494 e. The average molecular weight is 207 g/mol. The molecule has 0 atom stereocenters. The third-order valence-electron chi connectivity index (χ3n) is 1.67. The Balaban J connectivity index is 2.64. The van der Waals surface area contributed by atoms with Gasteiger partial charge in [0.15, 0.2) is 0 Å². The number of esters is 1. The van der Waals surface area contributed by atoms with Crippen molar-refractivity contribution in [3.63, 3.8) is 0 Å². The van der Waals surface area contributed by atoms with Crippen molar-refractivity contribution in [1.82, 2.24) is 0 Å². The molecule has 15 heavy (non-hydrogen) atoms. The molecule has 4 nitrogen and oxygen atoms in total. The first-order valence-corrected chi connectivity index (χ1v) is 4.61. The van der Waals surface area contributed by atoms with E-state index in [0.29, 0.717) is 12.3 Å². The van der Waals surface area contributed by atoms with Crippen molar-refractivity contribution >= 4 is 17.9 Å². The highest BCUT2D eigenvalue weighted by Crippen LogP contribution is 2.17. The summed E-state index contributed by atoms with van der Waals surface area (Å²) >= 11 is 0. The molecule has 0 spiro atoms. The molecule has 1 aromatic rings. The molecular weight excluding hydrogens is 194 g/mol. The molecule has 0 aliphatic rings. The first-order chi connectivity index (χ1) is 7.26. The van der Waals surface area contributed by atoms with Gasteiger partial charge in [-0.3, -0.25) is 0 Å². The van der Waals surface area contributed by atoms with Gasteiger partial charge in [-0.25, -0.2) is 9.79 Å². The molecule has 0 aromatic heterocycles. The SMILES string of the molecule is CCOc1ccc(N=CC(=O)OC)cc1. The zero-order chi connectivity index (χ0) is 11.1. The van der Waals surface area contributed by atoms with Gasteiger partial charge >= 0.3 is 5.97 Å². The quantitative estimate of drug-likeness (QED) is 0.560. The summed E-state index contributed by atoms with van der Waals surface area (Å²) in [4.78, 5) is 14.7. The van der Waals surface area contributed by atoms with Gasteiger partial charge in [-0.05, 0) is 31.2 Å². The Labute approximate surface area is 88.5 Å². The number of carbonyl (C=O) groups excluding carboxylic acids is 1. The van der Waals surface area contributed by atoms with Crippen LogP contribution in [-0.4, -0.2) is 25.9 Å². The van der Waals surface area contributed by atoms with Crippen LogP contribution >= 0.6 is 0 Å². The molecule has 1 aromatic carbocycles. The Bertz CT molecular complexity index is 343. The minimum Gasteiger partial charge on any atom is -0.494 e. The smallest absolute Gasteiger partial charge is 0.349 e. The van der Waals surface area contributed by atoms with E-state index in [1.54, 1.807) is 24.3 Å². The van der Waals surface area contributed by atoms with Gasteiger partial charge in [0.1, 0.15) is 12.0 Å². The maximum atomic E-state index is 10.8. The van der Waals surface area contributed by atoms with Crippen molar-refractivity contribution in [2.24, 2.45) is 4.99 Å². The second kappa shape index (κ2) is 5.80. The zero-order valence-electron chi connectivity index (χ0n) is 8.77. The lowest BCUT2D eigenvalue weighted by atomic mass is 10.3. The summed E-state index contributed by atoms with van der Waals surface area (Å²) < 4.78 is 9.69. The lowest BCUT2D eigenvalue weighted by Gasteiger charge is -2.01. The molecule has 0 radical (unpaired) electrons. The average Bonchev–Trinajstić information content (AvgIpc) is 2.28. The minimum absolute atomic E-state index is 0.469. The highest BCUT2D eigenvalue weighted by atomic mass is 16.5. The number of ether oxygens (including phenoxy) is 2. The van der Waals surface area contributed by atoms with Gasteiger partial charge in [0.2, 0.25) is 0 Å². The van der Waals surface area contributed by atoms with E-state index in [1.807, 2.05) is 6.92 Å². The van der Waals surface area contributed by atoms with Crippen LogP contribution in [0.2, 0.25) is 0 Å². The zero-order valence-corrected chi connectivity index (χ0v) is 8.77. The van der Waals surface area contributed by atoms with E-state index in [-0.39, 0.29) is 0 Å². The topological polar surface area (TPSA) is 47.9 Å². The number of nitrogens with zero attached hydrogens (tertiary/aromatic N) is 1. The number of aliphatic imine (C=N–C) groups is 1. The third-order valence-corrected chi connectivity index (χ3v) is 1.67. The van der Waals surface area contributed by atoms with Crippen molar-refractivity contribution in [3.8, 4) is 5.75 Å². The van der Waals surface area contributed by atoms with Crippen molar-refractivity contribution in [2.75, 3.05) is 13.7 Å². The minimum atomic E-state index is -0.469. The summed E-state index contributed by atoms with van der Waals surface area (Å²) in [6.07, 6.45) is 1.13. The normalized spacial score (nSPS) is 10.3. The van der Waals surface area contributed by atoms with E-state index < -0.39 is 5.97 Å². The predicted octanol–water partition coefficient (Wildman–Crippen LogP) is 1.96. The number of benzene rings is 1. The number of methoxy groups -OCH3 is 1. The molecule has 80 valence electrons. The maximum Gasteiger partial charge on any atom is 0.349 e. The van der Waals surface area contributed by atoms with Gasteiger partial charge < -0.3 is 9.47 Å². The maximum absolute atomic E-state index is 10.8. The van der Waals surface area contributed by atoms with Crippen LogP contribution in [0.15, 0.2) is 29.3 Å². The fourth-order valence-electron chi connectivity index (χ4n) is 0.975. The van der Waals surface area contributed by atoms with Gasteiger partial charge in [0, 0.05) is 0 Å². The van der Waals surface area contributed by atoms with Crippen molar-refractivity contribution in [2.45, 2.75) is 6.92 Å². The van der Waals surface area contributed by atoms with Crippen LogP contribution in [0.1, 0.15) is 6.92 Å². The monoisotopic (exact) mass is 207 g/mol. The van der Waals surface area contributed by atoms with Crippen molar-refractivity contribution in [1.29, 1.82) is 0 Å². The number of hydrogen-bond donors (Lipinski definition) is 0. The summed E-state index contributed by atoms with van der Waals surface area (Å²) in [6, 6.07) is 7.13. The van der Waals surface area contributed by atoms with Crippen molar-refractivity contribution < 1.29 is 14.3 Å². The van der Waals surface area contributed by atoms with Crippen LogP contribution in [-0.2, 0) is 9.53 Å². The fraction of sp³-hybridized carbons (Fsp3) is 0.273. The van der Waals surface area contributed by atoms with Crippen molar-refractivity contribution in [3.05, 3.63) is 24.3 Å². The fourth-order valence-corrected chi connectivity index (χ4v) is 0.975. The van der Waals surface area contributed by atoms with Gasteiger partial charge in [-0.15, -0.1) is 0 Å².